The summed E-state index contributed by atoms with van der Waals surface area (Å²) in [5, 5.41) is 9.25. The van der Waals surface area contributed by atoms with Crippen LogP contribution in [0.3, 0.4) is 0 Å². The summed E-state index contributed by atoms with van der Waals surface area (Å²) in [6, 6.07) is 1.44. The molecule has 0 aromatic carbocycles. The molecule has 2 fully saturated rings. The standard InChI is InChI=1S/C13H17N3O4/c14-9-7-10(12(17)18)11(15-8-9)16-3-1-13(2-4-16)19-5-6-20-13/h7-8H,1-6,14H2,(H,17,18). The molecule has 3 N–H and O–H groups in total. The quantitative estimate of drug-likeness (QED) is 0.822. The largest absolute Gasteiger partial charge is 0.478 e. The summed E-state index contributed by atoms with van der Waals surface area (Å²) in [4.78, 5) is 17.4. The van der Waals surface area contributed by atoms with E-state index in [1.807, 2.05) is 4.90 Å². The van der Waals surface area contributed by atoms with Crippen molar-refractivity contribution < 1.29 is 19.4 Å². The van der Waals surface area contributed by atoms with Crippen molar-refractivity contribution in [2.75, 3.05) is 36.9 Å². The minimum Gasteiger partial charge on any atom is -0.478 e. The van der Waals surface area contributed by atoms with Crippen LogP contribution in [-0.2, 0) is 9.47 Å². The number of anilines is 2. The van der Waals surface area contributed by atoms with E-state index in [0.717, 1.165) is 0 Å². The molecule has 0 radical (unpaired) electrons. The van der Waals surface area contributed by atoms with Gasteiger partial charge >= 0.3 is 5.97 Å². The molecule has 0 amide bonds. The molecule has 7 heteroatoms. The van der Waals surface area contributed by atoms with Gasteiger partial charge in [-0.2, -0.15) is 0 Å². The van der Waals surface area contributed by atoms with Gasteiger partial charge in [0.15, 0.2) is 5.79 Å². The minimum absolute atomic E-state index is 0.134. The van der Waals surface area contributed by atoms with Crippen molar-refractivity contribution in [3.63, 3.8) is 0 Å². The average Bonchev–Trinajstić information content (AvgIpc) is 2.88. The number of nitrogens with zero attached hydrogens (tertiary/aromatic N) is 2. The van der Waals surface area contributed by atoms with E-state index in [1.54, 1.807) is 0 Å². The Morgan fingerprint density at radius 1 is 1.35 bits per heavy atom. The molecular weight excluding hydrogens is 262 g/mol. The van der Waals surface area contributed by atoms with E-state index in [0.29, 0.717) is 50.7 Å². The number of carbonyl (C=O) groups is 1. The van der Waals surface area contributed by atoms with Gasteiger partial charge in [0.1, 0.15) is 11.4 Å². The molecule has 2 saturated heterocycles. The first kappa shape index (κ1) is 13.1. The zero-order valence-corrected chi connectivity index (χ0v) is 11.0. The van der Waals surface area contributed by atoms with Gasteiger partial charge in [-0.25, -0.2) is 9.78 Å². The highest BCUT2D eigenvalue weighted by molar-refractivity contribution is 5.94. The Morgan fingerprint density at radius 2 is 2.00 bits per heavy atom. The first-order valence-corrected chi connectivity index (χ1v) is 6.61. The summed E-state index contributed by atoms with van der Waals surface area (Å²) in [7, 11) is 0. The fourth-order valence-electron chi connectivity index (χ4n) is 2.73. The van der Waals surface area contributed by atoms with E-state index >= 15 is 0 Å². The van der Waals surface area contributed by atoms with E-state index in [1.165, 1.54) is 12.3 Å². The SMILES string of the molecule is Nc1cnc(N2CCC3(CC2)OCCO3)c(C(=O)O)c1. The highest BCUT2D eigenvalue weighted by atomic mass is 16.7. The number of carboxylic acids is 1. The van der Waals surface area contributed by atoms with Crippen LogP contribution < -0.4 is 10.6 Å². The second kappa shape index (κ2) is 4.92. The van der Waals surface area contributed by atoms with Crippen LogP contribution in [0.5, 0.6) is 0 Å². The van der Waals surface area contributed by atoms with Crippen molar-refractivity contribution >= 4 is 17.5 Å². The van der Waals surface area contributed by atoms with Crippen LogP contribution in [0.25, 0.3) is 0 Å². The Hall–Kier alpha value is -1.86. The number of carboxylic acid groups (broad SMARTS) is 1. The Morgan fingerprint density at radius 3 is 2.60 bits per heavy atom. The normalized spacial score (nSPS) is 21.3. The fourth-order valence-corrected chi connectivity index (χ4v) is 2.73. The molecule has 2 aliphatic heterocycles. The predicted octanol–water partition coefficient (Wildman–Crippen LogP) is 0.705. The minimum atomic E-state index is -1.02. The molecule has 108 valence electrons. The molecular formula is C13H17N3O4. The topological polar surface area (TPSA) is 97.9 Å². The number of hydrogen-bond acceptors (Lipinski definition) is 6. The van der Waals surface area contributed by atoms with Crippen LogP contribution in [0, 0.1) is 0 Å². The number of ether oxygens (including phenoxy) is 2. The lowest BCUT2D eigenvalue weighted by atomic mass is 10.0. The van der Waals surface area contributed by atoms with Crippen LogP contribution in [0.1, 0.15) is 23.2 Å². The second-order valence-electron chi connectivity index (χ2n) is 5.04. The van der Waals surface area contributed by atoms with Gasteiger partial charge in [-0.05, 0) is 6.07 Å². The molecule has 1 aromatic rings. The van der Waals surface area contributed by atoms with Gasteiger partial charge in [0.25, 0.3) is 0 Å². The summed E-state index contributed by atoms with van der Waals surface area (Å²) < 4.78 is 11.3. The van der Waals surface area contributed by atoms with Crippen molar-refractivity contribution in [1.29, 1.82) is 0 Å². The van der Waals surface area contributed by atoms with E-state index in [9.17, 15) is 9.90 Å². The number of nitrogen functional groups attached to an aromatic ring is 1. The Balaban J connectivity index is 1.79. The number of rotatable bonds is 2. The molecule has 0 aliphatic carbocycles. The molecule has 0 unspecified atom stereocenters. The monoisotopic (exact) mass is 279 g/mol. The van der Waals surface area contributed by atoms with Crippen molar-refractivity contribution in [3.05, 3.63) is 17.8 Å². The number of piperidine rings is 1. The molecule has 2 aliphatic rings. The van der Waals surface area contributed by atoms with Crippen molar-refractivity contribution in [1.82, 2.24) is 4.98 Å². The smallest absolute Gasteiger partial charge is 0.339 e. The van der Waals surface area contributed by atoms with Gasteiger partial charge in [0, 0.05) is 25.9 Å². The van der Waals surface area contributed by atoms with Gasteiger partial charge in [-0.15, -0.1) is 0 Å². The maximum absolute atomic E-state index is 11.3. The predicted molar refractivity (Wildman–Crippen MR) is 71.7 cm³/mol. The second-order valence-corrected chi connectivity index (χ2v) is 5.04. The lowest BCUT2D eigenvalue weighted by Gasteiger charge is -2.38. The van der Waals surface area contributed by atoms with Crippen LogP contribution in [-0.4, -0.2) is 48.2 Å². The van der Waals surface area contributed by atoms with Gasteiger partial charge in [0.2, 0.25) is 0 Å². The van der Waals surface area contributed by atoms with Gasteiger partial charge in [0.05, 0.1) is 25.1 Å². The number of pyridine rings is 1. The van der Waals surface area contributed by atoms with E-state index < -0.39 is 11.8 Å². The number of aromatic nitrogens is 1. The molecule has 20 heavy (non-hydrogen) atoms. The van der Waals surface area contributed by atoms with E-state index in [-0.39, 0.29) is 5.56 Å². The highest BCUT2D eigenvalue weighted by Crippen LogP contribution is 2.33. The third kappa shape index (κ3) is 2.30. The number of aromatic carboxylic acids is 1. The first-order chi connectivity index (χ1) is 9.60. The van der Waals surface area contributed by atoms with Crippen LogP contribution in [0.2, 0.25) is 0 Å². The van der Waals surface area contributed by atoms with Crippen molar-refractivity contribution in [2.24, 2.45) is 0 Å². The molecule has 1 spiro atoms. The third-order valence-electron chi connectivity index (χ3n) is 3.76. The van der Waals surface area contributed by atoms with Gasteiger partial charge in [-0.3, -0.25) is 0 Å². The van der Waals surface area contributed by atoms with Crippen molar-refractivity contribution in [2.45, 2.75) is 18.6 Å². The van der Waals surface area contributed by atoms with Crippen molar-refractivity contribution in [3.8, 4) is 0 Å². The average molecular weight is 279 g/mol. The zero-order chi connectivity index (χ0) is 14.2. The molecule has 3 heterocycles. The molecule has 7 nitrogen and oxygen atoms in total. The maximum atomic E-state index is 11.3. The Kier molecular flexibility index (Phi) is 3.23. The molecule has 0 bridgehead atoms. The highest BCUT2D eigenvalue weighted by Gasteiger charge is 2.40. The summed E-state index contributed by atoms with van der Waals surface area (Å²) in [6.07, 6.45) is 2.89. The van der Waals surface area contributed by atoms with Gasteiger partial charge in [-0.1, -0.05) is 0 Å². The fraction of sp³-hybridized carbons (Fsp3) is 0.538. The summed E-state index contributed by atoms with van der Waals surface area (Å²) in [5.41, 5.74) is 6.09. The zero-order valence-electron chi connectivity index (χ0n) is 11.0. The lowest BCUT2D eigenvalue weighted by molar-refractivity contribution is -0.169. The van der Waals surface area contributed by atoms with E-state index in [4.69, 9.17) is 15.2 Å². The summed E-state index contributed by atoms with van der Waals surface area (Å²) in [5.74, 6) is -1.04. The van der Waals surface area contributed by atoms with Gasteiger partial charge < -0.3 is 25.2 Å². The number of hydrogen-bond donors (Lipinski definition) is 2. The number of nitrogens with two attached hydrogens (primary N) is 1. The molecule has 0 atom stereocenters. The summed E-state index contributed by atoms with van der Waals surface area (Å²) >= 11 is 0. The lowest BCUT2D eigenvalue weighted by Crippen LogP contribution is -2.45. The molecule has 3 rings (SSSR count). The Bertz CT molecular complexity index is 518. The first-order valence-electron chi connectivity index (χ1n) is 6.61. The molecule has 1 aromatic heterocycles. The maximum Gasteiger partial charge on any atom is 0.339 e. The third-order valence-corrected chi connectivity index (χ3v) is 3.76. The van der Waals surface area contributed by atoms with Crippen LogP contribution in [0.15, 0.2) is 12.3 Å². The summed E-state index contributed by atoms with van der Waals surface area (Å²) in [6.45, 7) is 2.55. The van der Waals surface area contributed by atoms with Crippen LogP contribution in [0.4, 0.5) is 11.5 Å². The molecule has 0 saturated carbocycles. The van der Waals surface area contributed by atoms with Crippen LogP contribution >= 0.6 is 0 Å². The van der Waals surface area contributed by atoms with E-state index in [2.05, 4.69) is 4.98 Å². The Labute approximate surface area is 116 Å².